The standard InChI is InChI=1S/C15H16N2O2S2/c1-9-3-4-11(7-10(9)2)17-13(18)8-12(14(17)19)21-15-16-5-6-20-15/h3-4,7,12H,5-6,8H2,1-2H3. The summed E-state index contributed by atoms with van der Waals surface area (Å²) in [5, 5.41) is -0.330. The van der Waals surface area contributed by atoms with Crippen LogP contribution in [0.5, 0.6) is 0 Å². The second-order valence-electron chi connectivity index (χ2n) is 5.14. The monoisotopic (exact) mass is 320 g/mol. The number of amides is 2. The maximum Gasteiger partial charge on any atom is 0.247 e. The molecule has 0 radical (unpaired) electrons. The first kappa shape index (κ1) is 14.7. The largest absolute Gasteiger partial charge is 0.274 e. The van der Waals surface area contributed by atoms with E-state index in [1.165, 1.54) is 16.7 Å². The normalized spacial score (nSPS) is 22.1. The number of hydrogen-bond acceptors (Lipinski definition) is 5. The summed E-state index contributed by atoms with van der Waals surface area (Å²) in [6, 6.07) is 5.69. The van der Waals surface area contributed by atoms with Gasteiger partial charge in [-0.3, -0.25) is 14.6 Å². The fourth-order valence-corrected chi connectivity index (χ4v) is 4.59. The van der Waals surface area contributed by atoms with E-state index in [0.717, 1.165) is 27.8 Å². The van der Waals surface area contributed by atoms with Gasteiger partial charge in [0.1, 0.15) is 9.63 Å². The van der Waals surface area contributed by atoms with Gasteiger partial charge in [0.15, 0.2) is 0 Å². The van der Waals surface area contributed by atoms with Crippen LogP contribution in [0.15, 0.2) is 23.2 Å². The minimum absolute atomic E-state index is 0.121. The van der Waals surface area contributed by atoms with Crippen LogP contribution in [0, 0.1) is 13.8 Å². The van der Waals surface area contributed by atoms with Crippen molar-refractivity contribution in [3.63, 3.8) is 0 Å². The number of anilines is 1. The first-order chi connectivity index (χ1) is 10.1. The fraction of sp³-hybridized carbons (Fsp3) is 0.400. The minimum atomic E-state index is -0.330. The molecule has 2 heterocycles. The molecule has 6 heteroatoms. The van der Waals surface area contributed by atoms with Gasteiger partial charge in [0, 0.05) is 12.2 Å². The number of hydrogen-bond donors (Lipinski definition) is 0. The highest BCUT2D eigenvalue weighted by atomic mass is 32.2. The quantitative estimate of drug-likeness (QED) is 0.786. The van der Waals surface area contributed by atoms with Gasteiger partial charge in [0.2, 0.25) is 11.8 Å². The van der Waals surface area contributed by atoms with Crippen LogP contribution >= 0.6 is 23.5 Å². The van der Waals surface area contributed by atoms with Crippen molar-refractivity contribution in [3.8, 4) is 0 Å². The Morgan fingerprint density at radius 3 is 2.76 bits per heavy atom. The molecule has 1 fully saturated rings. The Bertz CT molecular complexity index is 643. The molecule has 0 bridgehead atoms. The second-order valence-corrected chi connectivity index (χ2v) is 7.68. The number of benzene rings is 1. The number of aliphatic imine (C=N–C) groups is 1. The summed E-state index contributed by atoms with van der Waals surface area (Å²) in [5.41, 5.74) is 2.91. The maximum absolute atomic E-state index is 12.5. The van der Waals surface area contributed by atoms with Crippen LogP contribution in [0.1, 0.15) is 17.5 Å². The molecule has 3 rings (SSSR count). The van der Waals surface area contributed by atoms with Crippen molar-refractivity contribution in [2.24, 2.45) is 4.99 Å². The van der Waals surface area contributed by atoms with Crippen LogP contribution in [-0.4, -0.2) is 33.7 Å². The Morgan fingerprint density at radius 1 is 1.29 bits per heavy atom. The van der Waals surface area contributed by atoms with Crippen LogP contribution in [0.3, 0.4) is 0 Å². The molecular formula is C15H16N2O2S2. The zero-order valence-electron chi connectivity index (χ0n) is 12.0. The molecule has 2 aliphatic rings. The fourth-order valence-electron chi connectivity index (χ4n) is 2.34. The number of aryl methyl sites for hydroxylation is 2. The van der Waals surface area contributed by atoms with Crippen molar-refractivity contribution in [2.75, 3.05) is 17.2 Å². The second kappa shape index (κ2) is 5.85. The van der Waals surface area contributed by atoms with Crippen LogP contribution < -0.4 is 4.90 Å². The van der Waals surface area contributed by atoms with Crippen molar-refractivity contribution in [1.82, 2.24) is 0 Å². The van der Waals surface area contributed by atoms with Crippen molar-refractivity contribution in [3.05, 3.63) is 29.3 Å². The molecular weight excluding hydrogens is 304 g/mol. The number of carbonyl (C=O) groups excluding carboxylic acids is 2. The highest BCUT2D eigenvalue weighted by molar-refractivity contribution is 8.39. The lowest BCUT2D eigenvalue weighted by Gasteiger charge is -2.16. The first-order valence-corrected chi connectivity index (χ1v) is 8.71. The summed E-state index contributed by atoms with van der Waals surface area (Å²) in [5.74, 6) is 0.728. The first-order valence-electron chi connectivity index (χ1n) is 6.84. The van der Waals surface area contributed by atoms with Gasteiger partial charge < -0.3 is 0 Å². The average molecular weight is 320 g/mol. The van der Waals surface area contributed by atoms with E-state index >= 15 is 0 Å². The number of nitrogens with zero attached hydrogens (tertiary/aromatic N) is 2. The smallest absolute Gasteiger partial charge is 0.247 e. The summed E-state index contributed by atoms with van der Waals surface area (Å²) in [6.07, 6.45) is 0.260. The molecule has 2 amide bonds. The van der Waals surface area contributed by atoms with Gasteiger partial charge in [-0.2, -0.15) is 0 Å². The molecule has 1 unspecified atom stereocenters. The van der Waals surface area contributed by atoms with Gasteiger partial charge in [0.25, 0.3) is 0 Å². The van der Waals surface area contributed by atoms with Crippen molar-refractivity contribution >= 4 is 45.4 Å². The van der Waals surface area contributed by atoms with Crippen molar-refractivity contribution in [1.29, 1.82) is 0 Å². The Hall–Kier alpha value is -1.27. The van der Waals surface area contributed by atoms with Gasteiger partial charge in [-0.25, -0.2) is 4.90 Å². The summed E-state index contributed by atoms with van der Waals surface area (Å²) < 4.78 is 0.933. The van der Waals surface area contributed by atoms with E-state index in [-0.39, 0.29) is 23.5 Å². The lowest BCUT2D eigenvalue weighted by molar-refractivity contribution is -0.121. The Kier molecular flexibility index (Phi) is 4.08. The van der Waals surface area contributed by atoms with Crippen molar-refractivity contribution < 1.29 is 9.59 Å². The lowest BCUT2D eigenvalue weighted by Crippen LogP contribution is -2.31. The highest BCUT2D eigenvalue weighted by Crippen LogP contribution is 2.34. The summed E-state index contributed by atoms with van der Waals surface area (Å²) in [4.78, 5) is 30.4. The molecule has 1 aromatic rings. The van der Waals surface area contributed by atoms with Gasteiger partial charge in [-0.15, -0.1) is 0 Å². The third-order valence-electron chi connectivity index (χ3n) is 3.65. The molecule has 2 aliphatic heterocycles. The van der Waals surface area contributed by atoms with Gasteiger partial charge in [-0.05, 0) is 37.1 Å². The maximum atomic E-state index is 12.5. The van der Waals surface area contributed by atoms with Crippen LogP contribution in [0.2, 0.25) is 0 Å². The molecule has 1 aromatic carbocycles. The molecule has 1 saturated heterocycles. The molecule has 21 heavy (non-hydrogen) atoms. The zero-order chi connectivity index (χ0) is 15.0. The van der Waals surface area contributed by atoms with E-state index < -0.39 is 0 Å². The average Bonchev–Trinajstić information content (AvgIpc) is 3.03. The number of thioether (sulfide) groups is 2. The molecule has 110 valence electrons. The van der Waals surface area contributed by atoms with Crippen LogP contribution in [0.25, 0.3) is 0 Å². The SMILES string of the molecule is Cc1ccc(N2C(=O)CC(SC3=NCCS3)C2=O)cc1C. The summed E-state index contributed by atoms with van der Waals surface area (Å²) in [6.45, 7) is 4.81. The van der Waals surface area contributed by atoms with E-state index in [0.29, 0.717) is 5.69 Å². The summed E-state index contributed by atoms with van der Waals surface area (Å²) in [7, 11) is 0. The Balaban J connectivity index is 1.81. The van der Waals surface area contributed by atoms with Gasteiger partial charge in [-0.1, -0.05) is 29.6 Å². The number of rotatable bonds is 2. The lowest BCUT2D eigenvalue weighted by atomic mass is 10.1. The van der Waals surface area contributed by atoms with E-state index in [9.17, 15) is 9.59 Å². The van der Waals surface area contributed by atoms with Crippen LogP contribution in [-0.2, 0) is 9.59 Å². The van der Waals surface area contributed by atoms with Crippen molar-refractivity contribution in [2.45, 2.75) is 25.5 Å². The van der Waals surface area contributed by atoms with E-state index in [1.54, 1.807) is 11.8 Å². The Morgan fingerprint density at radius 2 is 2.10 bits per heavy atom. The predicted octanol–water partition coefficient (Wildman–Crippen LogP) is 2.77. The Labute approximate surface area is 132 Å². The number of carbonyl (C=O) groups is 2. The van der Waals surface area contributed by atoms with E-state index in [1.807, 2.05) is 32.0 Å². The third kappa shape index (κ3) is 2.87. The summed E-state index contributed by atoms with van der Waals surface area (Å²) >= 11 is 3.10. The number of imide groups is 1. The zero-order valence-corrected chi connectivity index (χ0v) is 13.6. The van der Waals surface area contributed by atoms with E-state index in [4.69, 9.17) is 0 Å². The molecule has 0 spiro atoms. The van der Waals surface area contributed by atoms with E-state index in [2.05, 4.69) is 4.99 Å². The predicted molar refractivity (Wildman–Crippen MR) is 89.2 cm³/mol. The van der Waals surface area contributed by atoms with Crippen LogP contribution in [0.4, 0.5) is 5.69 Å². The molecule has 0 saturated carbocycles. The third-order valence-corrected chi connectivity index (χ3v) is 6.04. The molecule has 4 nitrogen and oxygen atoms in total. The molecule has 0 aliphatic carbocycles. The molecule has 0 N–H and O–H groups in total. The van der Waals surface area contributed by atoms with Gasteiger partial charge in [0.05, 0.1) is 12.2 Å². The molecule has 0 aromatic heterocycles. The molecule has 1 atom stereocenters. The van der Waals surface area contributed by atoms with Gasteiger partial charge >= 0.3 is 0 Å². The minimum Gasteiger partial charge on any atom is -0.274 e. The highest BCUT2D eigenvalue weighted by Gasteiger charge is 2.41. The topological polar surface area (TPSA) is 49.7 Å².